The zero-order valence-electron chi connectivity index (χ0n) is 14.5. The van der Waals surface area contributed by atoms with Crippen molar-refractivity contribution in [2.75, 3.05) is 11.9 Å². The van der Waals surface area contributed by atoms with Crippen LogP contribution in [-0.4, -0.2) is 29.3 Å². The summed E-state index contributed by atoms with van der Waals surface area (Å²) in [6.45, 7) is 5.89. The Morgan fingerprint density at radius 1 is 1.13 bits per heavy atom. The van der Waals surface area contributed by atoms with Crippen molar-refractivity contribution >= 4 is 17.5 Å². The quantitative estimate of drug-likeness (QED) is 0.872. The molecule has 1 aliphatic carbocycles. The number of hydrogen-bond acceptors (Lipinski definition) is 2. The van der Waals surface area contributed by atoms with E-state index in [0.717, 1.165) is 55.3 Å². The van der Waals surface area contributed by atoms with Crippen molar-refractivity contribution in [3.63, 3.8) is 0 Å². The van der Waals surface area contributed by atoms with Crippen molar-refractivity contribution in [1.82, 2.24) is 4.90 Å². The van der Waals surface area contributed by atoms with Gasteiger partial charge in [-0.25, -0.2) is 0 Å². The number of hydrogen-bond donors (Lipinski definition) is 1. The minimum absolute atomic E-state index is 0.00783. The fourth-order valence-electron chi connectivity index (χ4n) is 3.45. The molecule has 0 unspecified atom stereocenters. The van der Waals surface area contributed by atoms with E-state index in [4.69, 9.17) is 0 Å². The molecule has 0 bridgehead atoms. The van der Waals surface area contributed by atoms with Gasteiger partial charge in [0, 0.05) is 18.7 Å². The van der Waals surface area contributed by atoms with E-state index >= 15 is 0 Å². The van der Waals surface area contributed by atoms with Gasteiger partial charge in [-0.3, -0.25) is 9.59 Å². The molecule has 2 rings (SSSR count). The number of nitrogens with one attached hydrogen (secondary N) is 1. The van der Waals surface area contributed by atoms with Crippen molar-refractivity contribution in [1.29, 1.82) is 0 Å². The second kappa shape index (κ2) is 8.14. The molecule has 1 aromatic carbocycles. The standard InChI is InChI=1S/C19H28N2O2/c1-4-15-9-8-10-16(5-2)19(15)20-18(23)13-21(14(3)22)17-11-6-7-12-17/h8-10,17H,4-7,11-13H2,1-3H3,(H,20,23). The molecule has 23 heavy (non-hydrogen) atoms. The third kappa shape index (κ3) is 4.34. The molecule has 1 aliphatic rings. The van der Waals surface area contributed by atoms with Crippen molar-refractivity contribution in [2.24, 2.45) is 0 Å². The van der Waals surface area contributed by atoms with Gasteiger partial charge in [-0.1, -0.05) is 44.9 Å². The summed E-state index contributed by atoms with van der Waals surface area (Å²) in [5.74, 6) is -0.103. The number of benzene rings is 1. The monoisotopic (exact) mass is 316 g/mol. The molecule has 0 radical (unpaired) electrons. The molecule has 0 aliphatic heterocycles. The average molecular weight is 316 g/mol. The highest BCUT2D eigenvalue weighted by Crippen LogP contribution is 2.25. The molecule has 0 heterocycles. The molecule has 126 valence electrons. The third-order valence-corrected chi connectivity index (χ3v) is 4.75. The number of carbonyl (C=O) groups excluding carboxylic acids is 2. The molecule has 0 saturated heterocycles. The number of anilines is 1. The van der Waals surface area contributed by atoms with Gasteiger partial charge < -0.3 is 10.2 Å². The number of rotatable bonds is 6. The normalized spacial score (nSPS) is 14.7. The van der Waals surface area contributed by atoms with Crippen LogP contribution in [0.3, 0.4) is 0 Å². The van der Waals surface area contributed by atoms with Crippen molar-refractivity contribution in [3.05, 3.63) is 29.3 Å². The van der Waals surface area contributed by atoms with Crippen LogP contribution in [0.2, 0.25) is 0 Å². The van der Waals surface area contributed by atoms with Gasteiger partial charge >= 0.3 is 0 Å². The minimum Gasteiger partial charge on any atom is -0.331 e. The second-order valence-corrected chi connectivity index (χ2v) is 6.29. The SMILES string of the molecule is CCc1cccc(CC)c1NC(=O)CN(C(C)=O)C1CCCC1. The van der Waals surface area contributed by atoms with E-state index in [1.54, 1.807) is 11.8 Å². The highest BCUT2D eigenvalue weighted by atomic mass is 16.2. The minimum atomic E-state index is -0.0947. The van der Waals surface area contributed by atoms with Gasteiger partial charge in [0.15, 0.2) is 0 Å². The summed E-state index contributed by atoms with van der Waals surface area (Å²) in [5, 5.41) is 3.06. The first-order valence-corrected chi connectivity index (χ1v) is 8.74. The van der Waals surface area contributed by atoms with E-state index in [0.29, 0.717) is 0 Å². The van der Waals surface area contributed by atoms with Crippen molar-refractivity contribution < 1.29 is 9.59 Å². The zero-order valence-corrected chi connectivity index (χ0v) is 14.5. The Balaban J connectivity index is 2.10. The summed E-state index contributed by atoms with van der Waals surface area (Å²) in [5.41, 5.74) is 3.22. The first kappa shape index (κ1) is 17.5. The molecule has 0 spiro atoms. The van der Waals surface area contributed by atoms with Gasteiger partial charge in [-0.15, -0.1) is 0 Å². The van der Waals surface area contributed by atoms with E-state index in [-0.39, 0.29) is 24.4 Å². The van der Waals surface area contributed by atoms with E-state index in [1.165, 1.54) is 0 Å². The van der Waals surface area contributed by atoms with Gasteiger partial charge in [0.2, 0.25) is 11.8 Å². The highest BCUT2D eigenvalue weighted by Gasteiger charge is 2.26. The summed E-state index contributed by atoms with van der Waals surface area (Å²) in [6, 6.07) is 6.36. The van der Waals surface area contributed by atoms with Crippen LogP contribution in [0.15, 0.2) is 18.2 Å². The third-order valence-electron chi connectivity index (χ3n) is 4.75. The molecule has 2 amide bonds. The number of carbonyl (C=O) groups is 2. The number of aryl methyl sites for hydroxylation is 2. The van der Waals surface area contributed by atoms with Gasteiger partial charge in [-0.2, -0.15) is 0 Å². The molecule has 4 heteroatoms. The van der Waals surface area contributed by atoms with Crippen LogP contribution in [0.5, 0.6) is 0 Å². The smallest absolute Gasteiger partial charge is 0.244 e. The maximum Gasteiger partial charge on any atom is 0.244 e. The summed E-state index contributed by atoms with van der Waals surface area (Å²) in [6.07, 6.45) is 6.08. The summed E-state index contributed by atoms with van der Waals surface area (Å²) < 4.78 is 0. The van der Waals surface area contributed by atoms with Crippen molar-refractivity contribution in [2.45, 2.75) is 65.3 Å². The molecule has 0 atom stereocenters. The lowest BCUT2D eigenvalue weighted by Gasteiger charge is -2.27. The number of para-hydroxylation sites is 1. The lowest BCUT2D eigenvalue weighted by molar-refractivity contribution is -0.135. The van der Waals surface area contributed by atoms with Crippen LogP contribution in [0.1, 0.15) is 57.6 Å². The largest absolute Gasteiger partial charge is 0.331 e. The highest BCUT2D eigenvalue weighted by molar-refractivity contribution is 5.95. The molecule has 1 fully saturated rings. The van der Waals surface area contributed by atoms with Gasteiger partial charge in [0.05, 0.1) is 0 Å². The maximum absolute atomic E-state index is 12.5. The zero-order chi connectivity index (χ0) is 16.8. The lowest BCUT2D eigenvalue weighted by atomic mass is 10.0. The molecule has 1 N–H and O–H groups in total. The molecule has 0 aromatic heterocycles. The van der Waals surface area contributed by atoms with Gasteiger partial charge in [-0.05, 0) is 36.8 Å². The van der Waals surface area contributed by atoms with Gasteiger partial charge in [0.1, 0.15) is 6.54 Å². The first-order valence-electron chi connectivity index (χ1n) is 8.74. The summed E-state index contributed by atoms with van der Waals surface area (Å²) in [7, 11) is 0. The second-order valence-electron chi connectivity index (χ2n) is 6.29. The van der Waals surface area contributed by atoms with Crippen molar-refractivity contribution in [3.8, 4) is 0 Å². The van der Waals surface area contributed by atoms with Crippen LogP contribution in [0.4, 0.5) is 5.69 Å². The predicted octanol–water partition coefficient (Wildman–Crippen LogP) is 3.54. The van der Waals surface area contributed by atoms with E-state index < -0.39 is 0 Å². The van der Waals surface area contributed by atoms with E-state index in [2.05, 4.69) is 31.3 Å². The van der Waals surface area contributed by atoms with Crippen LogP contribution in [0, 0.1) is 0 Å². The Kier molecular flexibility index (Phi) is 6.20. The molecule has 4 nitrogen and oxygen atoms in total. The summed E-state index contributed by atoms with van der Waals surface area (Å²) >= 11 is 0. The Morgan fingerprint density at radius 2 is 1.70 bits per heavy atom. The molecular weight excluding hydrogens is 288 g/mol. The fraction of sp³-hybridized carbons (Fsp3) is 0.579. The van der Waals surface area contributed by atoms with Gasteiger partial charge in [0.25, 0.3) is 0 Å². The summed E-state index contributed by atoms with van der Waals surface area (Å²) in [4.78, 5) is 26.2. The van der Waals surface area contributed by atoms with Crippen LogP contribution in [0.25, 0.3) is 0 Å². The average Bonchev–Trinajstić information content (AvgIpc) is 3.06. The van der Waals surface area contributed by atoms with E-state index in [9.17, 15) is 9.59 Å². The van der Waals surface area contributed by atoms with Crippen LogP contribution in [-0.2, 0) is 22.4 Å². The molecule has 1 aromatic rings. The predicted molar refractivity (Wildman–Crippen MR) is 93.5 cm³/mol. The lowest BCUT2D eigenvalue weighted by Crippen LogP contribution is -2.42. The molecule has 1 saturated carbocycles. The topological polar surface area (TPSA) is 49.4 Å². The van der Waals surface area contributed by atoms with Crippen LogP contribution >= 0.6 is 0 Å². The molecular formula is C19H28N2O2. The van der Waals surface area contributed by atoms with Crippen LogP contribution < -0.4 is 5.32 Å². The Labute approximate surface area is 139 Å². The first-order chi connectivity index (χ1) is 11.1. The van der Waals surface area contributed by atoms with E-state index in [1.807, 2.05) is 6.07 Å². The fourth-order valence-corrected chi connectivity index (χ4v) is 3.45. The maximum atomic E-state index is 12.5. The Bertz CT molecular complexity index is 540. The Hall–Kier alpha value is -1.84. The number of nitrogens with zero attached hydrogens (tertiary/aromatic N) is 1. The Morgan fingerprint density at radius 3 is 2.17 bits per heavy atom. The number of amides is 2.